The first-order valence-electron chi connectivity index (χ1n) is 29.4. The number of aliphatic hydroxyl groups excluding tert-OH is 6. The molecule has 424 valence electrons. The van der Waals surface area contributed by atoms with Gasteiger partial charge in [0.05, 0.1) is 24.4 Å². The Morgan fingerprint density at radius 3 is 0.833 bits per heavy atom. The van der Waals surface area contributed by atoms with E-state index in [9.17, 15) is 30.6 Å². The summed E-state index contributed by atoms with van der Waals surface area (Å²) in [6.07, 6.45) is 7.46. The van der Waals surface area contributed by atoms with Crippen LogP contribution in [0.25, 0.3) is 0 Å². The summed E-state index contributed by atoms with van der Waals surface area (Å²) in [5.74, 6) is 1.51. The number of hydrogen-bond acceptors (Lipinski definition) is 14. The van der Waals surface area contributed by atoms with Crippen molar-refractivity contribution in [2.75, 3.05) is 66.1 Å². The van der Waals surface area contributed by atoms with Crippen LogP contribution >= 0.6 is 0 Å². The molecule has 11 rings (SSSR count). The Balaban J connectivity index is 1.43. The Labute approximate surface area is 436 Å². The lowest BCUT2D eigenvalue weighted by Gasteiger charge is -2.56. The molecule has 0 radical (unpaired) electrons. The van der Waals surface area contributed by atoms with Crippen molar-refractivity contribution in [1.29, 1.82) is 0 Å². The Hall–Kier alpha value is -0.560. The van der Waals surface area contributed by atoms with Crippen molar-refractivity contribution in [2.24, 2.45) is 81.8 Å². The van der Waals surface area contributed by atoms with Gasteiger partial charge in [0, 0.05) is 104 Å². The van der Waals surface area contributed by atoms with Crippen LogP contribution in [0, 0.1) is 81.8 Å². The summed E-state index contributed by atoms with van der Waals surface area (Å²) in [4.78, 5) is 0. The summed E-state index contributed by atoms with van der Waals surface area (Å²) in [5, 5.41) is 68.3. The van der Waals surface area contributed by atoms with Gasteiger partial charge >= 0.3 is 0 Å². The number of hydrogen-bond donors (Lipinski definition) is 6. The fourth-order valence-corrected chi connectivity index (χ4v) is 16.2. The van der Waals surface area contributed by atoms with E-state index in [0.717, 1.165) is 77.0 Å². The van der Waals surface area contributed by atoms with Gasteiger partial charge in [-0.2, -0.15) is 0 Å². The second-order valence-corrected chi connectivity index (χ2v) is 24.1. The van der Waals surface area contributed by atoms with Crippen LogP contribution in [0.4, 0.5) is 0 Å². The van der Waals surface area contributed by atoms with Crippen LogP contribution in [0.2, 0.25) is 0 Å². The van der Waals surface area contributed by atoms with E-state index in [2.05, 4.69) is 41.5 Å². The Bertz CT molecular complexity index is 1320. The van der Waals surface area contributed by atoms with Crippen molar-refractivity contribution in [2.45, 2.75) is 222 Å². The molecule has 11 aliphatic rings. The lowest BCUT2D eigenvalue weighted by atomic mass is 9.51. The first kappa shape index (κ1) is 62.3. The predicted octanol–water partition coefficient (Wildman–Crippen LogP) is 8.73. The van der Waals surface area contributed by atoms with Crippen molar-refractivity contribution in [3.05, 3.63) is 0 Å². The average Bonchev–Trinajstić information content (AvgIpc) is 3.32. The van der Waals surface area contributed by atoms with E-state index < -0.39 is 36.0 Å². The van der Waals surface area contributed by atoms with Crippen LogP contribution < -0.4 is 0 Å². The molecule has 0 amide bonds. The van der Waals surface area contributed by atoms with Crippen molar-refractivity contribution in [3.63, 3.8) is 0 Å². The van der Waals surface area contributed by atoms with Gasteiger partial charge in [-0.05, 0) is 175 Å². The SMILES string of the molecule is CCOC(O)CC1(CC(O)OCC)C2CC(C)C(OCCCCOC3C(C)CC(CC3CO)C(CC(O)OCC)(CC(O)OCC)C3CC(C)C(OCCCCOC4C(C)CC1CC4CO)C(C)C3)C(C)C2. The number of aliphatic hydroxyl groups is 6. The molecule has 4 saturated carbocycles. The molecule has 6 N–H and O–H groups in total. The standard InChI is InChI=1S/C58H108O14/c1-11-65-49(61)31-57(32-50(62)66-12-2)45-23-37(5)53(38(6)24-45)69-19-15-18-22-72-56-42(10)28-48(30-44(56)36-60)58(33-51(63)67-13-3,34-52(64)68-14-4)46-25-39(7)54(40(8)26-46)70-20-16-17-21-71-55-41(9)27-47(57)29-43(55)35-59/h37-56,59-64H,11-36H2,1-10H3. The predicted molar refractivity (Wildman–Crippen MR) is 278 cm³/mol. The lowest BCUT2D eigenvalue weighted by molar-refractivity contribution is -0.200. The third kappa shape index (κ3) is 16.3. The molecule has 14 heteroatoms. The average molecular weight is 1030 g/mol. The lowest BCUT2D eigenvalue weighted by Crippen LogP contribution is -2.53. The van der Waals surface area contributed by atoms with E-state index in [1.165, 1.54) is 0 Å². The zero-order valence-electron chi connectivity index (χ0n) is 46.9. The van der Waals surface area contributed by atoms with Gasteiger partial charge in [0.25, 0.3) is 0 Å². The zero-order chi connectivity index (χ0) is 52.6. The van der Waals surface area contributed by atoms with Gasteiger partial charge in [-0.1, -0.05) is 41.5 Å². The van der Waals surface area contributed by atoms with Crippen LogP contribution in [-0.4, -0.2) is 146 Å². The second-order valence-electron chi connectivity index (χ2n) is 24.1. The molecule has 16 unspecified atom stereocenters. The third-order valence-corrected chi connectivity index (χ3v) is 19.1. The van der Waals surface area contributed by atoms with Crippen LogP contribution in [0.1, 0.15) is 172 Å². The molecule has 8 bridgehead atoms. The van der Waals surface area contributed by atoms with Crippen molar-refractivity contribution in [3.8, 4) is 0 Å². The van der Waals surface area contributed by atoms with Crippen molar-refractivity contribution in [1.82, 2.24) is 0 Å². The maximum absolute atomic E-state index is 11.5. The van der Waals surface area contributed by atoms with E-state index in [4.69, 9.17) is 37.9 Å². The van der Waals surface area contributed by atoms with Crippen LogP contribution in [-0.2, 0) is 37.9 Å². The first-order chi connectivity index (χ1) is 34.5. The van der Waals surface area contributed by atoms with Gasteiger partial charge in [0.15, 0.2) is 25.2 Å². The van der Waals surface area contributed by atoms with E-state index in [1.54, 1.807) is 0 Å². The molecule has 7 saturated heterocycles. The normalized spacial score (nSPS) is 42.0. The van der Waals surface area contributed by atoms with Crippen LogP contribution in [0.15, 0.2) is 0 Å². The summed E-state index contributed by atoms with van der Waals surface area (Å²) in [6, 6.07) is 0. The fourth-order valence-electron chi connectivity index (χ4n) is 16.2. The molecule has 0 aromatic rings. The smallest absolute Gasteiger partial charge is 0.155 e. The Morgan fingerprint density at radius 2 is 0.597 bits per heavy atom. The summed E-state index contributed by atoms with van der Waals surface area (Å²) < 4.78 is 50.7. The van der Waals surface area contributed by atoms with Crippen molar-refractivity contribution < 1.29 is 68.5 Å². The van der Waals surface area contributed by atoms with Gasteiger partial charge in [-0.15, -0.1) is 0 Å². The molecule has 72 heavy (non-hydrogen) atoms. The molecule has 7 heterocycles. The minimum atomic E-state index is -0.993. The quantitative estimate of drug-likeness (QED) is 0.0714. The molecule has 7 aliphatic heterocycles. The van der Waals surface area contributed by atoms with Gasteiger partial charge in [0.1, 0.15) is 0 Å². The minimum absolute atomic E-state index is 0.00249. The largest absolute Gasteiger partial charge is 0.396 e. The van der Waals surface area contributed by atoms with Gasteiger partial charge in [0.2, 0.25) is 0 Å². The van der Waals surface area contributed by atoms with E-state index in [-0.39, 0.29) is 109 Å². The zero-order valence-corrected chi connectivity index (χ0v) is 46.9. The van der Waals surface area contributed by atoms with Crippen molar-refractivity contribution >= 4 is 0 Å². The molecule has 11 fully saturated rings. The third-order valence-electron chi connectivity index (χ3n) is 19.1. The van der Waals surface area contributed by atoms with Crippen LogP contribution in [0.5, 0.6) is 0 Å². The highest BCUT2D eigenvalue weighted by atomic mass is 16.6. The topological polar surface area (TPSA) is 195 Å². The summed E-state index contributed by atoms with van der Waals surface area (Å²) in [7, 11) is 0. The highest BCUT2D eigenvalue weighted by Gasteiger charge is 2.56. The molecule has 4 aliphatic carbocycles. The van der Waals surface area contributed by atoms with Gasteiger partial charge in [-0.3, -0.25) is 0 Å². The van der Waals surface area contributed by atoms with Gasteiger partial charge < -0.3 is 68.5 Å². The van der Waals surface area contributed by atoms with E-state index in [0.29, 0.717) is 78.5 Å². The number of ether oxygens (including phenoxy) is 8. The molecule has 0 aromatic heterocycles. The second kappa shape index (κ2) is 30.6. The summed E-state index contributed by atoms with van der Waals surface area (Å²) in [6.45, 7) is 25.2. The van der Waals surface area contributed by atoms with Gasteiger partial charge in [-0.25, -0.2) is 0 Å². The highest BCUT2D eigenvalue weighted by molar-refractivity contribution is 5.04. The Kier molecular flexibility index (Phi) is 26.4. The first-order valence-corrected chi connectivity index (χ1v) is 29.4. The minimum Gasteiger partial charge on any atom is -0.396 e. The Morgan fingerprint density at radius 1 is 0.375 bits per heavy atom. The van der Waals surface area contributed by atoms with Crippen LogP contribution in [0.3, 0.4) is 0 Å². The molecule has 14 nitrogen and oxygen atoms in total. The van der Waals surface area contributed by atoms with E-state index >= 15 is 0 Å². The molecule has 0 spiro atoms. The molecule has 0 aromatic carbocycles. The summed E-state index contributed by atoms with van der Waals surface area (Å²) in [5.41, 5.74) is -1.04. The maximum atomic E-state index is 11.5. The fraction of sp³-hybridized carbons (Fsp3) is 1.00. The maximum Gasteiger partial charge on any atom is 0.155 e. The molecule has 16 atom stereocenters. The molecular weight excluding hydrogens is 921 g/mol. The highest BCUT2D eigenvalue weighted by Crippen LogP contribution is 2.60. The van der Waals surface area contributed by atoms with E-state index in [1.807, 2.05) is 27.7 Å². The molecular formula is C58H108O14. The monoisotopic (exact) mass is 1030 g/mol. The summed E-state index contributed by atoms with van der Waals surface area (Å²) >= 11 is 0. The number of rotatable bonds is 18.